The Balaban J connectivity index is 2.37. The lowest BCUT2D eigenvalue weighted by molar-refractivity contribution is -0.386. The fourth-order valence-corrected chi connectivity index (χ4v) is 2.18. The minimum Gasteiger partial charge on any atom is -0.490 e. The number of rotatable bonds is 5. The van der Waals surface area contributed by atoms with Crippen molar-refractivity contribution in [3.63, 3.8) is 0 Å². The number of ether oxygens (including phenoxy) is 2. The fraction of sp³-hybridized carbons (Fsp3) is 0.0833. The number of hydrogen-bond donors (Lipinski definition) is 1. The summed E-state index contributed by atoms with van der Waals surface area (Å²) in [5.41, 5.74) is -0.307. The van der Waals surface area contributed by atoms with Crippen molar-refractivity contribution in [3.05, 3.63) is 44.6 Å². The Kier molecular flexibility index (Phi) is 3.85. The van der Waals surface area contributed by atoms with Gasteiger partial charge in [-0.15, -0.1) is 11.3 Å². The van der Waals surface area contributed by atoms with Crippen LogP contribution in [-0.2, 0) is 0 Å². The van der Waals surface area contributed by atoms with Crippen LogP contribution < -0.4 is 9.47 Å². The van der Waals surface area contributed by atoms with E-state index in [-0.39, 0.29) is 27.8 Å². The predicted octanol–water partition coefficient (Wildman–Crippen LogP) is 3.16. The second-order valence-electron chi connectivity index (χ2n) is 3.62. The van der Waals surface area contributed by atoms with Crippen molar-refractivity contribution in [2.75, 3.05) is 7.11 Å². The van der Waals surface area contributed by atoms with Gasteiger partial charge < -0.3 is 14.6 Å². The number of para-hydroxylation sites is 1. The number of nitro groups is 1. The van der Waals surface area contributed by atoms with Crippen LogP contribution in [0, 0.1) is 10.1 Å². The molecule has 104 valence electrons. The molecular formula is C12H9NO6S. The molecule has 0 unspecified atom stereocenters. The summed E-state index contributed by atoms with van der Waals surface area (Å²) < 4.78 is 10.3. The van der Waals surface area contributed by atoms with Gasteiger partial charge >= 0.3 is 11.7 Å². The molecule has 2 rings (SSSR count). The number of methoxy groups -OCH3 is 1. The molecule has 1 aromatic carbocycles. The van der Waals surface area contributed by atoms with E-state index >= 15 is 0 Å². The van der Waals surface area contributed by atoms with Gasteiger partial charge in [0, 0.05) is 11.4 Å². The van der Waals surface area contributed by atoms with Gasteiger partial charge in [0.15, 0.2) is 0 Å². The summed E-state index contributed by atoms with van der Waals surface area (Å²) in [6.07, 6.45) is 0. The minimum atomic E-state index is -1.08. The Labute approximate surface area is 117 Å². The van der Waals surface area contributed by atoms with Gasteiger partial charge in [-0.1, -0.05) is 6.07 Å². The third kappa shape index (κ3) is 2.69. The van der Waals surface area contributed by atoms with Crippen LogP contribution in [0.3, 0.4) is 0 Å². The second kappa shape index (κ2) is 5.57. The molecule has 0 aliphatic heterocycles. The third-order valence-electron chi connectivity index (χ3n) is 2.38. The molecule has 0 fully saturated rings. The van der Waals surface area contributed by atoms with Crippen LogP contribution in [0.2, 0.25) is 0 Å². The summed E-state index contributed by atoms with van der Waals surface area (Å²) in [4.78, 5) is 21.3. The lowest BCUT2D eigenvalue weighted by atomic mass is 10.2. The Morgan fingerprint density at radius 2 is 2.10 bits per heavy atom. The number of carboxylic acid groups (broad SMARTS) is 1. The van der Waals surface area contributed by atoms with Crippen molar-refractivity contribution in [1.82, 2.24) is 0 Å². The van der Waals surface area contributed by atoms with Crippen LogP contribution in [0.15, 0.2) is 29.6 Å². The summed E-state index contributed by atoms with van der Waals surface area (Å²) in [6, 6.07) is 5.71. The zero-order valence-corrected chi connectivity index (χ0v) is 11.0. The average Bonchev–Trinajstić information content (AvgIpc) is 2.86. The third-order valence-corrected chi connectivity index (χ3v) is 3.28. The number of benzene rings is 1. The number of aromatic carboxylic acids is 1. The van der Waals surface area contributed by atoms with Gasteiger partial charge in [0.05, 0.1) is 12.0 Å². The molecule has 0 aliphatic rings. The van der Waals surface area contributed by atoms with Crippen LogP contribution in [0.1, 0.15) is 9.67 Å². The van der Waals surface area contributed by atoms with Gasteiger partial charge in [0.25, 0.3) is 0 Å². The Morgan fingerprint density at radius 3 is 2.65 bits per heavy atom. The van der Waals surface area contributed by atoms with Gasteiger partial charge in [0.2, 0.25) is 11.5 Å². The zero-order chi connectivity index (χ0) is 14.7. The molecule has 0 atom stereocenters. The molecule has 0 saturated heterocycles. The highest BCUT2D eigenvalue weighted by Gasteiger charge is 2.22. The molecule has 0 aliphatic carbocycles. The first-order valence-electron chi connectivity index (χ1n) is 5.34. The standard InChI is InChI=1S/C12H9NO6S/c1-18-8-3-2-4-9(11(8)13(16)17)19-7-5-10(12(14)15)20-6-7/h2-6H,1H3,(H,14,15). The van der Waals surface area contributed by atoms with Crippen molar-refractivity contribution in [3.8, 4) is 17.2 Å². The van der Waals surface area contributed by atoms with Gasteiger partial charge in [-0.2, -0.15) is 0 Å². The van der Waals surface area contributed by atoms with Crippen LogP contribution in [-0.4, -0.2) is 23.1 Å². The lowest BCUT2D eigenvalue weighted by Gasteiger charge is -2.07. The number of carbonyl (C=O) groups is 1. The number of nitrogens with zero attached hydrogens (tertiary/aromatic N) is 1. The van der Waals surface area contributed by atoms with Crippen molar-refractivity contribution < 1.29 is 24.3 Å². The fourth-order valence-electron chi connectivity index (χ4n) is 1.54. The van der Waals surface area contributed by atoms with Crippen molar-refractivity contribution >= 4 is 23.0 Å². The topological polar surface area (TPSA) is 98.9 Å². The van der Waals surface area contributed by atoms with E-state index in [1.807, 2.05) is 0 Å². The van der Waals surface area contributed by atoms with Crippen molar-refractivity contribution in [2.45, 2.75) is 0 Å². The predicted molar refractivity (Wildman–Crippen MR) is 71.0 cm³/mol. The summed E-state index contributed by atoms with van der Waals surface area (Å²) >= 11 is 0.975. The lowest BCUT2D eigenvalue weighted by Crippen LogP contribution is -1.97. The van der Waals surface area contributed by atoms with Crippen LogP contribution >= 0.6 is 11.3 Å². The first-order valence-corrected chi connectivity index (χ1v) is 6.22. The second-order valence-corrected chi connectivity index (χ2v) is 4.53. The highest BCUT2D eigenvalue weighted by Crippen LogP contribution is 2.39. The molecule has 0 saturated carbocycles. The minimum absolute atomic E-state index is 0.0101. The van der Waals surface area contributed by atoms with E-state index in [1.54, 1.807) is 6.07 Å². The summed E-state index contributed by atoms with van der Waals surface area (Å²) in [5, 5.41) is 21.3. The Morgan fingerprint density at radius 1 is 1.40 bits per heavy atom. The summed E-state index contributed by atoms with van der Waals surface area (Å²) in [7, 11) is 1.32. The van der Waals surface area contributed by atoms with E-state index in [2.05, 4.69) is 0 Å². The zero-order valence-electron chi connectivity index (χ0n) is 10.2. The molecular weight excluding hydrogens is 286 g/mol. The highest BCUT2D eigenvalue weighted by molar-refractivity contribution is 7.12. The molecule has 1 aromatic heterocycles. The summed E-state index contributed by atoms with van der Waals surface area (Å²) in [6.45, 7) is 0. The van der Waals surface area contributed by atoms with E-state index in [0.717, 1.165) is 11.3 Å². The molecule has 0 amide bonds. The summed E-state index contributed by atoms with van der Waals surface area (Å²) in [5.74, 6) is -0.793. The van der Waals surface area contributed by atoms with E-state index in [4.69, 9.17) is 14.6 Å². The average molecular weight is 295 g/mol. The monoisotopic (exact) mass is 295 g/mol. The maximum atomic E-state index is 11.1. The van der Waals surface area contributed by atoms with Crippen molar-refractivity contribution in [1.29, 1.82) is 0 Å². The number of thiophene rings is 1. The normalized spacial score (nSPS) is 10.1. The molecule has 8 heteroatoms. The van der Waals surface area contributed by atoms with E-state index in [9.17, 15) is 14.9 Å². The van der Waals surface area contributed by atoms with E-state index in [1.165, 1.54) is 30.7 Å². The molecule has 0 spiro atoms. The van der Waals surface area contributed by atoms with Crippen molar-refractivity contribution in [2.24, 2.45) is 0 Å². The largest absolute Gasteiger partial charge is 0.490 e. The molecule has 20 heavy (non-hydrogen) atoms. The van der Waals surface area contributed by atoms with Crippen LogP contribution in [0.4, 0.5) is 5.69 Å². The first-order chi connectivity index (χ1) is 9.52. The SMILES string of the molecule is COc1cccc(Oc2csc(C(=O)O)c2)c1[N+](=O)[O-]. The quantitative estimate of drug-likeness (QED) is 0.672. The number of carboxylic acids is 1. The molecule has 2 aromatic rings. The van der Waals surface area contributed by atoms with Gasteiger partial charge in [-0.25, -0.2) is 4.79 Å². The molecule has 0 radical (unpaired) electrons. The van der Waals surface area contributed by atoms with Gasteiger partial charge in [-0.05, 0) is 12.1 Å². The molecule has 0 bridgehead atoms. The maximum absolute atomic E-state index is 11.1. The highest BCUT2D eigenvalue weighted by atomic mass is 32.1. The molecule has 1 N–H and O–H groups in total. The van der Waals surface area contributed by atoms with Gasteiger partial charge in [-0.3, -0.25) is 10.1 Å². The smallest absolute Gasteiger partial charge is 0.352 e. The molecule has 1 heterocycles. The van der Waals surface area contributed by atoms with E-state index in [0.29, 0.717) is 0 Å². The number of hydrogen-bond acceptors (Lipinski definition) is 6. The Hall–Kier alpha value is -2.61. The van der Waals surface area contributed by atoms with E-state index < -0.39 is 10.9 Å². The maximum Gasteiger partial charge on any atom is 0.352 e. The number of nitro benzene ring substituents is 1. The van der Waals surface area contributed by atoms with Crippen LogP contribution in [0.5, 0.6) is 17.2 Å². The van der Waals surface area contributed by atoms with Gasteiger partial charge in [0.1, 0.15) is 10.6 Å². The first kappa shape index (κ1) is 13.8. The Bertz CT molecular complexity index is 666. The molecule has 7 nitrogen and oxygen atoms in total. The van der Waals surface area contributed by atoms with Crippen LogP contribution in [0.25, 0.3) is 0 Å².